The third-order valence-corrected chi connectivity index (χ3v) is 6.28. The normalized spacial score (nSPS) is 23.8. The van der Waals surface area contributed by atoms with Gasteiger partial charge in [-0.05, 0) is 31.7 Å². The number of piperidine rings is 2. The standard InChI is InChI=1S/C21H25F3N6O2/c22-13-3-5-29(6-4-13)21-27-16(12-7-17(32-20(23)24)19(25)26-9-12)8-18(28-21)30-10-15-2-1-14(30)11-31-15/h7-9,13-15,20H,1-6,10-11H2,(H2,25,26)/t14-,15-/m0/s1. The highest BCUT2D eigenvalue weighted by molar-refractivity contribution is 5.68. The van der Waals surface area contributed by atoms with E-state index < -0.39 is 12.8 Å². The Balaban J connectivity index is 1.54. The number of anilines is 3. The van der Waals surface area contributed by atoms with Gasteiger partial charge in [0.25, 0.3) is 0 Å². The van der Waals surface area contributed by atoms with E-state index in [1.807, 2.05) is 11.0 Å². The number of fused-ring (bicyclic) bond motifs is 3. The summed E-state index contributed by atoms with van der Waals surface area (Å²) in [4.78, 5) is 17.7. The van der Waals surface area contributed by atoms with Crippen molar-refractivity contribution in [1.82, 2.24) is 15.0 Å². The molecule has 2 aromatic rings. The van der Waals surface area contributed by atoms with Crippen LogP contribution in [0.5, 0.6) is 5.75 Å². The Hall–Kier alpha value is -2.82. The second-order valence-electron chi connectivity index (χ2n) is 8.40. The zero-order chi connectivity index (χ0) is 22.2. The lowest BCUT2D eigenvalue weighted by Crippen LogP contribution is -2.55. The number of rotatable bonds is 5. The molecular formula is C21H25F3N6O2. The molecule has 11 heteroatoms. The topological polar surface area (TPSA) is 89.6 Å². The summed E-state index contributed by atoms with van der Waals surface area (Å²) in [7, 11) is 0. The van der Waals surface area contributed by atoms with Gasteiger partial charge in [-0.3, -0.25) is 0 Å². The molecule has 2 aromatic heterocycles. The van der Waals surface area contributed by atoms with Crippen molar-refractivity contribution >= 4 is 17.6 Å². The van der Waals surface area contributed by atoms with E-state index in [0.29, 0.717) is 49.7 Å². The lowest BCUT2D eigenvalue weighted by Gasteiger charge is -2.46. The van der Waals surface area contributed by atoms with E-state index in [4.69, 9.17) is 15.5 Å². The first-order valence-corrected chi connectivity index (χ1v) is 10.8. The summed E-state index contributed by atoms with van der Waals surface area (Å²) in [5.74, 6) is 0.889. The molecule has 0 amide bonds. The first kappa shape index (κ1) is 21.0. The van der Waals surface area contributed by atoms with Crippen molar-refractivity contribution in [3.8, 4) is 17.0 Å². The van der Waals surface area contributed by atoms with Crippen LogP contribution in [-0.4, -0.2) is 66.1 Å². The van der Waals surface area contributed by atoms with Crippen molar-refractivity contribution in [1.29, 1.82) is 0 Å². The summed E-state index contributed by atoms with van der Waals surface area (Å²) in [5.41, 5.74) is 6.70. The van der Waals surface area contributed by atoms with Gasteiger partial charge >= 0.3 is 6.61 Å². The summed E-state index contributed by atoms with van der Waals surface area (Å²) in [6.07, 6.45) is 3.69. The SMILES string of the molecule is Nc1ncc(-c2cc(N3C[C@@H]4CC[C@H]3CO4)nc(N3CCC(F)CC3)n2)cc1OC(F)F. The third kappa shape index (κ3) is 4.25. The highest BCUT2D eigenvalue weighted by Gasteiger charge is 2.36. The Labute approximate surface area is 183 Å². The largest absolute Gasteiger partial charge is 0.431 e. The molecule has 8 nitrogen and oxygen atoms in total. The van der Waals surface area contributed by atoms with Crippen LogP contribution >= 0.6 is 0 Å². The highest BCUT2D eigenvalue weighted by atomic mass is 19.3. The monoisotopic (exact) mass is 450 g/mol. The number of nitrogen functional groups attached to an aromatic ring is 1. The van der Waals surface area contributed by atoms with Crippen molar-refractivity contribution in [2.24, 2.45) is 0 Å². The van der Waals surface area contributed by atoms with Crippen LogP contribution in [0.25, 0.3) is 11.3 Å². The maximum absolute atomic E-state index is 13.7. The van der Waals surface area contributed by atoms with Crippen LogP contribution in [-0.2, 0) is 4.74 Å². The average Bonchev–Trinajstić information content (AvgIpc) is 2.81. The Morgan fingerprint density at radius 1 is 1.12 bits per heavy atom. The maximum atomic E-state index is 13.7. The summed E-state index contributed by atoms with van der Waals surface area (Å²) in [5, 5.41) is 0. The molecule has 172 valence electrons. The Kier molecular flexibility index (Phi) is 5.66. The molecule has 4 fully saturated rings. The van der Waals surface area contributed by atoms with Crippen molar-refractivity contribution in [2.45, 2.75) is 50.6 Å². The van der Waals surface area contributed by atoms with Gasteiger partial charge in [0, 0.05) is 37.5 Å². The summed E-state index contributed by atoms with van der Waals surface area (Å²) in [6.45, 7) is -0.621. The first-order valence-electron chi connectivity index (χ1n) is 10.8. The molecule has 2 bridgehead atoms. The van der Waals surface area contributed by atoms with Crippen LogP contribution in [0, 0.1) is 0 Å². The van der Waals surface area contributed by atoms with Gasteiger partial charge in [0.1, 0.15) is 12.0 Å². The molecule has 6 heterocycles. The fourth-order valence-corrected chi connectivity index (χ4v) is 4.52. The van der Waals surface area contributed by atoms with E-state index in [2.05, 4.69) is 19.6 Å². The van der Waals surface area contributed by atoms with Gasteiger partial charge in [-0.25, -0.2) is 14.4 Å². The predicted octanol–water partition coefficient (Wildman–Crippen LogP) is 3.03. The third-order valence-electron chi connectivity index (χ3n) is 6.28. The minimum Gasteiger partial charge on any atom is -0.431 e. The zero-order valence-electron chi connectivity index (χ0n) is 17.5. The van der Waals surface area contributed by atoms with E-state index in [0.717, 1.165) is 25.2 Å². The molecule has 2 N–H and O–H groups in total. The zero-order valence-corrected chi connectivity index (χ0v) is 17.5. The van der Waals surface area contributed by atoms with Crippen molar-refractivity contribution in [3.05, 3.63) is 18.3 Å². The second kappa shape index (κ2) is 8.61. The number of halogens is 3. The molecule has 0 saturated carbocycles. The molecule has 0 spiro atoms. The molecule has 4 aliphatic heterocycles. The average molecular weight is 450 g/mol. The molecule has 0 radical (unpaired) electrons. The summed E-state index contributed by atoms with van der Waals surface area (Å²) >= 11 is 0. The summed E-state index contributed by atoms with van der Waals surface area (Å²) < 4.78 is 49.6. The van der Waals surface area contributed by atoms with Crippen LogP contribution in [0.2, 0.25) is 0 Å². The van der Waals surface area contributed by atoms with E-state index in [9.17, 15) is 13.2 Å². The van der Waals surface area contributed by atoms with Crippen LogP contribution in [0.4, 0.5) is 30.8 Å². The van der Waals surface area contributed by atoms with Gasteiger partial charge in [0.05, 0.1) is 24.4 Å². The molecule has 0 aromatic carbocycles. The minimum atomic E-state index is -3.02. The van der Waals surface area contributed by atoms with Gasteiger partial charge < -0.3 is 25.0 Å². The van der Waals surface area contributed by atoms with Gasteiger partial charge in [-0.1, -0.05) is 0 Å². The van der Waals surface area contributed by atoms with E-state index in [1.54, 1.807) is 0 Å². The van der Waals surface area contributed by atoms with Crippen molar-refractivity contribution in [2.75, 3.05) is 41.8 Å². The number of morpholine rings is 1. The van der Waals surface area contributed by atoms with E-state index in [-0.39, 0.29) is 23.7 Å². The number of alkyl halides is 3. The van der Waals surface area contributed by atoms with Crippen LogP contribution in [0.15, 0.2) is 18.3 Å². The lowest BCUT2D eigenvalue weighted by atomic mass is 9.97. The minimum absolute atomic E-state index is 0.126. The number of ether oxygens (including phenoxy) is 2. The van der Waals surface area contributed by atoms with Gasteiger partial charge in [0.15, 0.2) is 11.6 Å². The van der Waals surface area contributed by atoms with E-state index >= 15 is 0 Å². The number of pyridine rings is 1. The number of nitrogens with two attached hydrogens (primary N) is 1. The van der Waals surface area contributed by atoms with Crippen molar-refractivity contribution < 1.29 is 22.6 Å². The van der Waals surface area contributed by atoms with Gasteiger partial charge in [-0.15, -0.1) is 0 Å². The number of nitrogens with zero attached hydrogens (tertiary/aromatic N) is 5. The van der Waals surface area contributed by atoms with Gasteiger partial charge in [-0.2, -0.15) is 13.8 Å². The first-order chi connectivity index (χ1) is 15.5. The molecule has 2 atom stereocenters. The fraction of sp³-hybridized carbons (Fsp3) is 0.571. The Bertz CT molecular complexity index is 965. The molecule has 6 rings (SSSR count). The Morgan fingerprint density at radius 2 is 1.94 bits per heavy atom. The summed E-state index contributed by atoms with van der Waals surface area (Å²) in [6, 6.07) is 3.45. The van der Waals surface area contributed by atoms with Crippen LogP contribution in [0.3, 0.4) is 0 Å². The lowest BCUT2D eigenvalue weighted by molar-refractivity contribution is -0.0494. The number of hydrogen-bond acceptors (Lipinski definition) is 8. The van der Waals surface area contributed by atoms with Crippen molar-refractivity contribution in [3.63, 3.8) is 0 Å². The molecule has 0 aliphatic carbocycles. The number of aromatic nitrogens is 3. The number of hydrogen-bond donors (Lipinski definition) is 1. The van der Waals surface area contributed by atoms with Crippen LogP contribution < -0.4 is 20.3 Å². The van der Waals surface area contributed by atoms with Gasteiger partial charge in [0.2, 0.25) is 5.95 Å². The van der Waals surface area contributed by atoms with Crippen LogP contribution in [0.1, 0.15) is 25.7 Å². The molecule has 4 aliphatic rings. The highest BCUT2D eigenvalue weighted by Crippen LogP contribution is 2.34. The van der Waals surface area contributed by atoms with E-state index in [1.165, 1.54) is 12.3 Å². The molecule has 0 unspecified atom stereocenters. The quantitative estimate of drug-likeness (QED) is 0.744. The smallest absolute Gasteiger partial charge is 0.387 e. The Morgan fingerprint density at radius 3 is 2.59 bits per heavy atom. The maximum Gasteiger partial charge on any atom is 0.387 e. The fourth-order valence-electron chi connectivity index (χ4n) is 4.52. The molecule has 32 heavy (non-hydrogen) atoms. The predicted molar refractivity (Wildman–Crippen MR) is 113 cm³/mol. The molecular weight excluding hydrogens is 425 g/mol. The molecule has 4 saturated heterocycles. The second-order valence-corrected chi connectivity index (χ2v) is 8.40.